The normalized spacial score (nSPS) is 10.2. The molecule has 0 fully saturated rings. The van der Waals surface area contributed by atoms with Gasteiger partial charge in [0.05, 0.1) is 11.3 Å². The van der Waals surface area contributed by atoms with E-state index in [9.17, 15) is 9.18 Å². The van der Waals surface area contributed by atoms with Crippen LogP contribution in [0.5, 0.6) is 0 Å². The maximum atomic E-state index is 13.2. The van der Waals surface area contributed by atoms with Crippen molar-refractivity contribution in [1.29, 1.82) is 0 Å². The first-order valence-electron chi connectivity index (χ1n) is 7.35. The van der Waals surface area contributed by atoms with Gasteiger partial charge in [-0.15, -0.1) is 0 Å². The summed E-state index contributed by atoms with van der Waals surface area (Å²) in [5.74, 6) is -0.751. The first-order valence-corrected chi connectivity index (χ1v) is 7.35. The minimum absolute atomic E-state index is 0.347. The van der Waals surface area contributed by atoms with Crippen LogP contribution in [0.15, 0.2) is 67.3 Å². The van der Waals surface area contributed by atoms with Gasteiger partial charge >= 0.3 is 0 Å². The van der Waals surface area contributed by atoms with Gasteiger partial charge in [0.2, 0.25) is 0 Å². The Hall–Kier alpha value is -3.28. The van der Waals surface area contributed by atoms with E-state index in [1.165, 1.54) is 24.4 Å². The third kappa shape index (κ3) is 4.13. The number of nitrogens with zero attached hydrogens (tertiary/aromatic N) is 2. The van der Waals surface area contributed by atoms with E-state index in [0.29, 0.717) is 17.8 Å². The highest BCUT2D eigenvalue weighted by Gasteiger charge is 2.08. The lowest BCUT2D eigenvalue weighted by Crippen LogP contribution is -2.13. The van der Waals surface area contributed by atoms with Gasteiger partial charge in [-0.05, 0) is 42.0 Å². The van der Waals surface area contributed by atoms with Crippen molar-refractivity contribution in [1.82, 2.24) is 9.97 Å². The molecule has 0 saturated heterocycles. The number of hydrogen-bond donors (Lipinski definition) is 2. The average Bonchev–Trinajstić information content (AvgIpc) is 2.61. The molecule has 0 aliphatic heterocycles. The minimum Gasteiger partial charge on any atom is -0.380 e. The van der Waals surface area contributed by atoms with Crippen LogP contribution in [0.3, 0.4) is 0 Å². The molecule has 0 unspecified atom stereocenters. The van der Waals surface area contributed by atoms with Crippen LogP contribution >= 0.6 is 0 Å². The summed E-state index contributed by atoms with van der Waals surface area (Å²) in [5.41, 5.74) is 2.58. The maximum absolute atomic E-state index is 13.2. The summed E-state index contributed by atoms with van der Waals surface area (Å²) in [7, 11) is 0. The van der Waals surface area contributed by atoms with Gasteiger partial charge < -0.3 is 10.6 Å². The fourth-order valence-electron chi connectivity index (χ4n) is 2.14. The van der Waals surface area contributed by atoms with Crippen LogP contribution in [0.2, 0.25) is 0 Å². The molecular weight excluding hydrogens is 307 g/mol. The third-order valence-corrected chi connectivity index (χ3v) is 3.33. The lowest BCUT2D eigenvalue weighted by atomic mass is 10.2. The molecule has 3 rings (SSSR count). The van der Waals surface area contributed by atoms with Gasteiger partial charge in [-0.25, -0.2) is 4.39 Å². The lowest BCUT2D eigenvalue weighted by molar-refractivity contribution is 0.102. The number of amides is 1. The monoisotopic (exact) mass is 322 g/mol. The van der Waals surface area contributed by atoms with Crippen molar-refractivity contribution in [3.8, 4) is 0 Å². The number of nitrogens with one attached hydrogen (secondary N) is 2. The summed E-state index contributed by atoms with van der Waals surface area (Å²) >= 11 is 0. The average molecular weight is 322 g/mol. The smallest absolute Gasteiger partial charge is 0.257 e. The second-order valence-electron chi connectivity index (χ2n) is 5.14. The molecule has 0 aliphatic carbocycles. The van der Waals surface area contributed by atoms with Gasteiger partial charge in [0.25, 0.3) is 5.91 Å². The molecule has 0 saturated carbocycles. The van der Waals surface area contributed by atoms with E-state index in [1.54, 1.807) is 30.7 Å². The number of rotatable bonds is 5. The Bertz CT molecular complexity index is 839. The predicted molar refractivity (Wildman–Crippen MR) is 90.2 cm³/mol. The molecule has 2 heterocycles. The van der Waals surface area contributed by atoms with E-state index in [4.69, 9.17) is 0 Å². The predicted octanol–water partition coefficient (Wildman–Crippen LogP) is 3.48. The molecule has 2 aromatic heterocycles. The molecule has 0 aliphatic rings. The molecule has 1 amide bonds. The van der Waals surface area contributed by atoms with Gasteiger partial charge in [-0.3, -0.25) is 14.8 Å². The van der Waals surface area contributed by atoms with Crippen LogP contribution < -0.4 is 10.6 Å². The molecule has 24 heavy (non-hydrogen) atoms. The second-order valence-corrected chi connectivity index (χ2v) is 5.14. The second kappa shape index (κ2) is 7.32. The molecule has 0 bridgehead atoms. The molecule has 0 atom stereocenters. The summed E-state index contributed by atoms with van der Waals surface area (Å²) in [6, 6.07) is 11.2. The molecule has 0 spiro atoms. The van der Waals surface area contributed by atoms with Crippen molar-refractivity contribution in [3.05, 3.63) is 84.2 Å². The Kier molecular flexibility index (Phi) is 4.76. The van der Waals surface area contributed by atoms with Gasteiger partial charge in [0.1, 0.15) is 5.82 Å². The summed E-state index contributed by atoms with van der Waals surface area (Å²) < 4.78 is 13.2. The van der Waals surface area contributed by atoms with E-state index < -0.39 is 5.82 Å². The molecular formula is C18H15FN4O. The van der Waals surface area contributed by atoms with Crippen LogP contribution in [0.1, 0.15) is 15.9 Å². The van der Waals surface area contributed by atoms with Crippen LogP contribution in [0.4, 0.5) is 15.8 Å². The highest BCUT2D eigenvalue weighted by molar-refractivity contribution is 6.04. The fraction of sp³-hybridized carbons (Fsp3) is 0.0556. The first kappa shape index (κ1) is 15.6. The molecule has 0 radical (unpaired) electrons. The molecule has 6 heteroatoms. The highest BCUT2D eigenvalue weighted by atomic mass is 19.1. The lowest BCUT2D eigenvalue weighted by Gasteiger charge is -2.09. The number of carbonyl (C=O) groups excluding carboxylic acids is 1. The molecule has 3 aromatic rings. The minimum atomic E-state index is -0.404. The van der Waals surface area contributed by atoms with Gasteiger partial charge in [-0.1, -0.05) is 6.07 Å². The Labute approximate surface area is 138 Å². The maximum Gasteiger partial charge on any atom is 0.257 e. The van der Waals surface area contributed by atoms with Crippen molar-refractivity contribution < 1.29 is 9.18 Å². The summed E-state index contributed by atoms with van der Waals surface area (Å²) in [6.45, 7) is 0.596. The molecule has 2 N–H and O–H groups in total. The Morgan fingerprint density at radius 1 is 1.00 bits per heavy atom. The Morgan fingerprint density at radius 3 is 2.62 bits per heavy atom. The number of halogens is 1. The topological polar surface area (TPSA) is 66.9 Å². The summed E-state index contributed by atoms with van der Waals surface area (Å²) in [4.78, 5) is 20.3. The summed E-state index contributed by atoms with van der Waals surface area (Å²) in [6.07, 6.45) is 6.54. The quantitative estimate of drug-likeness (QED) is 0.755. The van der Waals surface area contributed by atoms with Crippen molar-refractivity contribution in [2.75, 3.05) is 10.6 Å². The van der Waals surface area contributed by atoms with Crippen molar-refractivity contribution >= 4 is 17.3 Å². The number of anilines is 2. The van der Waals surface area contributed by atoms with E-state index in [2.05, 4.69) is 20.6 Å². The number of benzene rings is 1. The Morgan fingerprint density at radius 2 is 1.83 bits per heavy atom. The SMILES string of the molecule is O=C(Nc1cccc(F)c1)c1cncc(NCc2ccncc2)c1. The standard InChI is InChI=1S/C18H15FN4O/c19-15-2-1-3-16(9-15)23-18(24)14-8-17(12-21-11-14)22-10-13-4-6-20-7-5-13/h1-9,11-12,22H,10H2,(H,23,24). The van der Waals surface area contributed by atoms with E-state index in [1.807, 2.05) is 12.1 Å². The van der Waals surface area contributed by atoms with Crippen molar-refractivity contribution in [2.45, 2.75) is 6.54 Å². The van der Waals surface area contributed by atoms with Gasteiger partial charge in [0, 0.05) is 37.0 Å². The van der Waals surface area contributed by atoms with E-state index in [0.717, 1.165) is 11.3 Å². The highest BCUT2D eigenvalue weighted by Crippen LogP contribution is 2.14. The van der Waals surface area contributed by atoms with Crippen LogP contribution in [0, 0.1) is 5.82 Å². The van der Waals surface area contributed by atoms with E-state index >= 15 is 0 Å². The zero-order valence-corrected chi connectivity index (χ0v) is 12.7. The Balaban J connectivity index is 1.67. The van der Waals surface area contributed by atoms with Crippen molar-refractivity contribution in [3.63, 3.8) is 0 Å². The largest absolute Gasteiger partial charge is 0.380 e. The van der Waals surface area contributed by atoms with E-state index in [-0.39, 0.29) is 5.91 Å². The fourth-order valence-corrected chi connectivity index (χ4v) is 2.14. The third-order valence-electron chi connectivity index (χ3n) is 3.33. The number of pyridine rings is 2. The first-order chi connectivity index (χ1) is 11.7. The molecule has 1 aromatic carbocycles. The van der Waals surface area contributed by atoms with Gasteiger partial charge in [0.15, 0.2) is 0 Å². The van der Waals surface area contributed by atoms with Crippen LogP contribution in [-0.2, 0) is 6.54 Å². The molecule has 120 valence electrons. The number of hydrogen-bond acceptors (Lipinski definition) is 4. The summed E-state index contributed by atoms with van der Waals surface area (Å²) in [5, 5.41) is 5.84. The zero-order chi connectivity index (χ0) is 16.8. The van der Waals surface area contributed by atoms with Crippen LogP contribution in [-0.4, -0.2) is 15.9 Å². The number of carbonyl (C=O) groups is 1. The zero-order valence-electron chi connectivity index (χ0n) is 12.7. The molecule has 5 nitrogen and oxygen atoms in total. The number of aromatic nitrogens is 2. The van der Waals surface area contributed by atoms with Crippen LogP contribution in [0.25, 0.3) is 0 Å². The van der Waals surface area contributed by atoms with Gasteiger partial charge in [-0.2, -0.15) is 0 Å². The van der Waals surface area contributed by atoms with Crippen molar-refractivity contribution in [2.24, 2.45) is 0 Å².